The van der Waals surface area contributed by atoms with E-state index in [-0.39, 0.29) is 12.1 Å². The van der Waals surface area contributed by atoms with Crippen molar-refractivity contribution in [3.8, 4) is 0 Å². The smallest absolute Gasteiger partial charge is 0.240 e. The molecule has 1 fully saturated rings. The van der Waals surface area contributed by atoms with Gasteiger partial charge in [0.05, 0.1) is 11.6 Å². The maximum Gasteiger partial charge on any atom is 0.240 e. The van der Waals surface area contributed by atoms with E-state index in [2.05, 4.69) is 4.98 Å². The summed E-state index contributed by atoms with van der Waals surface area (Å²) in [6.07, 6.45) is 4.39. The lowest BCUT2D eigenvalue weighted by atomic mass is 9.82. The fraction of sp³-hybridized carbons (Fsp3) is 0.600. The number of fused-ring (bicyclic) bond motifs is 1. The highest BCUT2D eigenvalue weighted by Gasteiger charge is 2.50. The summed E-state index contributed by atoms with van der Waals surface area (Å²) in [5, 5.41) is 0. The highest BCUT2D eigenvalue weighted by Crippen LogP contribution is 2.44. The highest BCUT2D eigenvalue weighted by atomic mass is 19.1. The summed E-state index contributed by atoms with van der Waals surface area (Å²) in [5.74, 6) is 0.135. The lowest BCUT2D eigenvalue weighted by Crippen LogP contribution is -2.46. The molecule has 1 amide bonds. The Balaban J connectivity index is 2.07. The molecule has 0 N–H and O–H groups in total. The summed E-state index contributed by atoms with van der Waals surface area (Å²) in [5.41, 5.74) is -0.0233. The van der Waals surface area contributed by atoms with Crippen LogP contribution in [-0.2, 0) is 14.9 Å². The van der Waals surface area contributed by atoms with Crippen LogP contribution >= 0.6 is 0 Å². The van der Waals surface area contributed by atoms with Gasteiger partial charge in [0, 0.05) is 12.2 Å². The molecule has 3 heterocycles. The maximum atomic E-state index is 13.5. The van der Waals surface area contributed by atoms with Crippen molar-refractivity contribution in [3.05, 3.63) is 23.6 Å². The van der Waals surface area contributed by atoms with Crippen molar-refractivity contribution < 1.29 is 13.9 Å². The monoisotopic (exact) mass is 278 g/mol. The molecular formula is C15H19FN2O2. The Labute approximate surface area is 117 Å². The van der Waals surface area contributed by atoms with Crippen LogP contribution < -0.4 is 4.90 Å². The number of hydrogen-bond acceptors (Lipinski definition) is 3. The summed E-state index contributed by atoms with van der Waals surface area (Å²) in [6, 6.07) is 1.44. The molecule has 0 radical (unpaired) electrons. The minimum absolute atomic E-state index is 0.0278. The highest BCUT2D eigenvalue weighted by molar-refractivity contribution is 6.07. The van der Waals surface area contributed by atoms with Crippen molar-refractivity contribution >= 4 is 11.7 Å². The number of ether oxygens (including phenoxy) is 1. The van der Waals surface area contributed by atoms with E-state index in [0.717, 1.165) is 19.3 Å². The molecule has 108 valence electrons. The van der Waals surface area contributed by atoms with Gasteiger partial charge in [0.2, 0.25) is 5.91 Å². The van der Waals surface area contributed by atoms with Crippen molar-refractivity contribution in [1.82, 2.24) is 4.98 Å². The van der Waals surface area contributed by atoms with Gasteiger partial charge in [0.15, 0.2) is 0 Å². The van der Waals surface area contributed by atoms with Crippen LogP contribution in [0.2, 0.25) is 0 Å². The Morgan fingerprint density at radius 1 is 1.55 bits per heavy atom. The van der Waals surface area contributed by atoms with E-state index >= 15 is 0 Å². The third-order valence-corrected chi connectivity index (χ3v) is 4.50. The second-order valence-electron chi connectivity index (χ2n) is 5.71. The number of hydrogen-bond donors (Lipinski definition) is 0. The number of halogens is 1. The second-order valence-corrected chi connectivity index (χ2v) is 5.71. The Morgan fingerprint density at radius 2 is 2.35 bits per heavy atom. The van der Waals surface area contributed by atoms with E-state index in [1.807, 2.05) is 13.8 Å². The fourth-order valence-corrected chi connectivity index (χ4v) is 3.04. The van der Waals surface area contributed by atoms with Crippen LogP contribution in [0, 0.1) is 5.82 Å². The van der Waals surface area contributed by atoms with E-state index in [0.29, 0.717) is 24.4 Å². The number of pyridine rings is 1. The van der Waals surface area contributed by atoms with Gasteiger partial charge < -0.3 is 4.74 Å². The molecule has 2 aliphatic rings. The predicted molar refractivity (Wildman–Crippen MR) is 72.9 cm³/mol. The first-order valence-electron chi connectivity index (χ1n) is 7.19. The predicted octanol–water partition coefficient (Wildman–Crippen LogP) is 2.76. The number of carbonyl (C=O) groups is 1. The Morgan fingerprint density at radius 3 is 3.00 bits per heavy atom. The number of amides is 1. The molecule has 2 aliphatic heterocycles. The van der Waals surface area contributed by atoms with Gasteiger partial charge in [-0.2, -0.15) is 0 Å². The molecule has 4 nitrogen and oxygen atoms in total. The third kappa shape index (κ3) is 1.84. The van der Waals surface area contributed by atoms with Gasteiger partial charge in [0.1, 0.15) is 17.9 Å². The van der Waals surface area contributed by atoms with Crippen LogP contribution in [0.1, 0.15) is 45.1 Å². The van der Waals surface area contributed by atoms with E-state index in [1.54, 1.807) is 4.90 Å². The van der Waals surface area contributed by atoms with E-state index in [1.165, 1.54) is 12.3 Å². The summed E-state index contributed by atoms with van der Waals surface area (Å²) >= 11 is 0. The largest absolute Gasteiger partial charge is 0.358 e. The first-order chi connectivity index (χ1) is 9.58. The average Bonchev–Trinajstić information content (AvgIpc) is 2.69. The molecule has 0 saturated carbocycles. The van der Waals surface area contributed by atoms with Gasteiger partial charge in [-0.25, -0.2) is 9.37 Å². The number of anilines is 1. The van der Waals surface area contributed by atoms with Crippen molar-refractivity contribution in [3.63, 3.8) is 0 Å². The van der Waals surface area contributed by atoms with Gasteiger partial charge in [0.25, 0.3) is 0 Å². The zero-order chi connectivity index (χ0) is 14.3. The van der Waals surface area contributed by atoms with E-state index in [4.69, 9.17) is 4.74 Å². The zero-order valence-corrected chi connectivity index (χ0v) is 11.9. The van der Waals surface area contributed by atoms with Crippen LogP contribution in [0.15, 0.2) is 12.3 Å². The molecule has 1 saturated heterocycles. The molecule has 0 aliphatic carbocycles. The minimum atomic E-state index is -0.703. The Hall–Kier alpha value is -1.49. The van der Waals surface area contributed by atoms with Gasteiger partial charge in [-0.3, -0.25) is 9.69 Å². The van der Waals surface area contributed by atoms with Gasteiger partial charge >= 0.3 is 0 Å². The molecule has 0 aromatic carbocycles. The SMILES string of the molecule is CCC1(C)C(=O)N(C2CCCCO2)c2ncc(F)cc21. The summed E-state index contributed by atoms with van der Waals surface area (Å²) in [4.78, 5) is 18.6. The first kappa shape index (κ1) is 13.5. The molecular weight excluding hydrogens is 259 g/mol. The number of nitrogens with zero attached hydrogens (tertiary/aromatic N) is 2. The standard InChI is InChI=1S/C15H19FN2O2/c1-3-15(2)11-8-10(16)9-17-13(11)18(14(15)19)12-6-4-5-7-20-12/h8-9,12H,3-7H2,1-2H3. The molecule has 0 bridgehead atoms. The third-order valence-electron chi connectivity index (χ3n) is 4.50. The van der Waals surface area contributed by atoms with Crippen LogP contribution in [0.3, 0.4) is 0 Å². The molecule has 2 atom stereocenters. The van der Waals surface area contributed by atoms with Crippen molar-refractivity contribution in [1.29, 1.82) is 0 Å². The fourth-order valence-electron chi connectivity index (χ4n) is 3.04. The van der Waals surface area contributed by atoms with E-state index < -0.39 is 11.2 Å². The molecule has 2 unspecified atom stereocenters. The topological polar surface area (TPSA) is 42.4 Å². The molecule has 1 aromatic heterocycles. The lowest BCUT2D eigenvalue weighted by Gasteiger charge is -2.32. The number of rotatable bonds is 2. The van der Waals surface area contributed by atoms with Crippen molar-refractivity contribution in [2.24, 2.45) is 0 Å². The normalized spacial score (nSPS) is 29.6. The van der Waals surface area contributed by atoms with Crippen molar-refractivity contribution in [2.45, 2.75) is 51.2 Å². The minimum Gasteiger partial charge on any atom is -0.358 e. The molecule has 20 heavy (non-hydrogen) atoms. The second kappa shape index (κ2) is 4.81. The summed E-state index contributed by atoms with van der Waals surface area (Å²) in [7, 11) is 0. The zero-order valence-electron chi connectivity index (χ0n) is 11.9. The number of carbonyl (C=O) groups excluding carboxylic acids is 1. The van der Waals surface area contributed by atoms with Crippen LogP contribution in [0.5, 0.6) is 0 Å². The molecule has 5 heteroatoms. The van der Waals surface area contributed by atoms with Crippen LogP contribution in [0.4, 0.5) is 10.2 Å². The Kier molecular flexibility index (Phi) is 3.24. The van der Waals surface area contributed by atoms with Crippen molar-refractivity contribution in [2.75, 3.05) is 11.5 Å². The lowest BCUT2D eigenvalue weighted by molar-refractivity contribution is -0.126. The molecule has 0 spiro atoms. The van der Waals surface area contributed by atoms with E-state index in [9.17, 15) is 9.18 Å². The van der Waals surface area contributed by atoms with Crippen LogP contribution in [-0.4, -0.2) is 23.7 Å². The Bertz CT molecular complexity index is 543. The quantitative estimate of drug-likeness (QED) is 0.835. The van der Waals surface area contributed by atoms with Gasteiger partial charge in [-0.15, -0.1) is 0 Å². The summed E-state index contributed by atoms with van der Waals surface area (Å²) < 4.78 is 19.2. The summed E-state index contributed by atoms with van der Waals surface area (Å²) in [6.45, 7) is 4.46. The average molecular weight is 278 g/mol. The van der Waals surface area contributed by atoms with Crippen LogP contribution in [0.25, 0.3) is 0 Å². The number of aromatic nitrogens is 1. The van der Waals surface area contributed by atoms with Gasteiger partial charge in [-0.1, -0.05) is 6.92 Å². The molecule has 3 rings (SSSR count). The first-order valence-corrected chi connectivity index (χ1v) is 7.19. The van der Waals surface area contributed by atoms with Gasteiger partial charge in [-0.05, 0) is 38.7 Å². The maximum absolute atomic E-state index is 13.5. The molecule has 1 aromatic rings.